The van der Waals surface area contributed by atoms with E-state index in [0.717, 1.165) is 56.1 Å². The van der Waals surface area contributed by atoms with Crippen molar-refractivity contribution in [1.29, 1.82) is 0 Å². The van der Waals surface area contributed by atoms with E-state index in [-0.39, 0.29) is 30.6 Å². The fourth-order valence-corrected chi connectivity index (χ4v) is 3.62. The predicted molar refractivity (Wildman–Crippen MR) is 130 cm³/mol. The largest absolute Gasteiger partial charge is 0.392 e. The van der Waals surface area contributed by atoms with Crippen LogP contribution in [0.1, 0.15) is 36.5 Å². The number of aliphatic imine (C=N–C) groups is 1. The minimum Gasteiger partial charge on any atom is -0.392 e. The van der Waals surface area contributed by atoms with Crippen LogP contribution in [0.4, 0.5) is 0 Å². The molecule has 0 radical (unpaired) electrons. The number of halogens is 1. The van der Waals surface area contributed by atoms with Crippen molar-refractivity contribution in [2.24, 2.45) is 4.99 Å². The predicted octanol–water partition coefficient (Wildman–Crippen LogP) is 3.52. The van der Waals surface area contributed by atoms with Gasteiger partial charge in [-0.25, -0.2) is 4.99 Å². The minimum absolute atomic E-state index is 0. The number of nitrogens with zero attached hydrogens (tertiary/aromatic N) is 2. The zero-order valence-electron chi connectivity index (χ0n) is 17.2. The zero-order chi connectivity index (χ0) is 19.6. The number of guanidine groups is 1. The van der Waals surface area contributed by atoms with Gasteiger partial charge < -0.3 is 15.7 Å². The second kappa shape index (κ2) is 12.8. The van der Waals surface area contributed by atoms with Gasteiger partial charge in [-0.1, -0.05) is 54.6 Å². The van der Waals surface area contributed by atoms with E-state index in [0.29, 0.717) is 12.6 Å². The maximum absolute atomic E-state index is 9.49. The maximum atomic E-state index is 9.49. The summed E-state index contributed by atoms with van der Waals surface area (Å²) in [6, 6.07) is 19.1. The SMILES string of the molecule is CCNC(=NCc1ccccc1CO)NC1CCN(Cc2ccccc2)CC1.I. The molecule has 1 saturated heterocycles. The highest BCUT2D eigenvalue weighted by atomic mass is 127. The number of aliphatic hydroxyl groups is 1. The first kappa shape index (κ1) is 23.6. The molecular formula is C23H33IN4O. The van der Waals surface area contributed by atoms with Crippen molar-refractivity contribution in [2.45, 2.75) is 45.5 Å². The fourth-order valence-electron chi connectivity index (χ4n) is 3.62. The molecule has 0 aromatic heterocycles. The summed E-state index contributed by atoms with van der Waals surface area (Å²) in [4.78, 5) is 7.27. The fraction of sp³-hybridized carbons (Fsp3) is 0.435. The van der Waals surface area contributed by atoms with Crippen molar-refractivity contribution in [3.8, 4) is 0 Å². The van der Waals surface area contributed by atoms with Crippen LogP contribution < -0.4 is 10.6 Å². The molecule has 1 aliphatic heterocycles. The number of likely N-dealkylation sites (tertiary alicyclic amines) is 1. The number of rotatable bonds is 7. The maximum Gasteiger partial charge on any atom is 0.191 e. The Balaban J connectivity index is 0.00000300. The average molecular weight is 508 g/mol. The van der Waals surface area contributed by atoms with Gasteiger partial charge in [0.25, 0.3) is 0 Å². The third-order valence-corrected chi connectivity index (χ3v) is 5.22. The molecule has 0 spiro atoms. The van der Waals surface area contributed by atoms with E-state index in [1.807, 2.05) is 24.3 Å². The number of benzene rings is 2. The molecule has 1 heterocycles. The van der Waals surface area contributed by atoms with E-state index in [1.165, 1.54) is 5.56 Å². The molecular weight excluding hydrogens is 475 g/mol. The molecule has 0 unspecified atom stereocenters. The van der Waals surface area contributed by atoms with Crippen LogP contribution in [-0.2, 0) is 19.7 Å². The Hall–Kier alpha value is -1.64. The molecule has 2 aromatic carbocycles. The summed E-state index contributed by atoms with van der Waals surface area (Å²) in [5.74, 6) is 0.858. The van der Waals surface area contributed by atoms with Crippen LogP contribution in [0.25, 0.3) is 0 Å². The summed E-state index contributed by atoms with van der Waals surface area (Å²) in [6.45, 7) is 6.76. The Morgan fingerprint density at radius 3 is 2.34 bits per heavy atom. The lowest BCUT2D eigenvalue weighted by Gasteiger charge is -2.33. The standard InChI is InChI=1S/C23H32N4O.HI/c1-2-24-23(25-16-20-10-6-7-11-21(20)18-28)26-22-12-14-27(15-13-22)17-19-8-4-3-5-9-19;/h3-11,22,28H,2,12-18H2,1H3,(H2,24,25,26);1H. The Morgan fingerprint density at radius 2 is 1.69 bits per heavy atom. The van der Waals surface area contributed by atoms with Crippen LogP contribution in [0.2, 0.25) is 0 Å². The Bertz CT molecular complexity index is 746. The molecule has 5 nitrogen and oxygen atoms in total. The highest BCUT2D eigenvalue weighted by Crippen LogP contribution is 2.14. The van der Waals surface area contributed by atoms with Gasteiger partial charge in [-0.15, -0.1) is 24.0 Å². The normalized spacial score (nSPS) is 15.6. The zero-order valence-corrected chi connectivity index (χ0v) is 19.5. The lowest BCUT2D eigenvalue weighted by molar-refractivity contribution is 0.198. The van der Waals surface area contributed by atoms with Gasteiger partial charge in [0, 0.05) is 32.2 Å². The molecule has 0 atom stereocenters. The second-order valence-corrected chi connectivity index (χ2v) is 7.30. The Morgan fingerprint density at radius 1 is 1.03 bits per heavy atom. The molecule has 0 amide bonds. The van der Waals surface area contributed by atoms with Crippen molar-refractivity contribution >= 4 is 29.9 Å². The first-order valence-corrected chi connectivity index (χ1v) is 10.3. The summed E-state index contributed by atoms with van der Waals surface area (Å²) in [5, 5.41) is 16.4. The topological polar surface area (TPSA) is 59.9 Å². The molecule has 6 heteroatoms. The molecule has 3 N–H and O–H groups in total. The van der Waals surface area contributed by atoms with E-state index in [9.17, 15) is 5.11 Å². The number of aliphatic hydroxyl groups excluding tert-OH is 1. The van der Waals surface area contributed by atoms with Crippen LogP contribution in [0.5, 0.6) is 0 Å². The van der Waals surface area contributed by atoms with Gasteiger partial charge in [-0.2, -0.15) is 0 Å². The van der Waals surface area contributed by atoms with Crippen LogP contribution in [-0.4, -0.2) is 41.6 Å². The van der Waals surface area contributed by atoms with Crippen LogP contribution in [0.3, 0.4) is 0 Å². The summed E-state index contributed by atoms with van der Waals surface area (Å²) in [6.07, 6.45) is 2.23. The van der Waals surface area contributed by atoms with Crippen molar-refractivity contribution in [3.63, 3.8) is 0 Å². The van der Waals surface area contributed by atoms with Gasteiger partial charge in [-0.05, 0) is 36.5 Å². The summed E-state index contributed by atoms with van der Waals surface area (Å²) >= 11 is 0. The molecule has 29 heavy (non-hydrogen) atoms. The molecule has 2 aromatic rings. The summed E-state index contributed by atoms with van der Waals surface area (Å²) < 4.78 is 0. The van der Waals surface area contributed by atoms with E-state index < -0.39 is 0 Å². The molecule has 1 fully saturated rings. The van der Waals surface area contributed by atoms with E-state index >= 15 is 0 Å². The van der Waals surface area contributed by atoms with Gasteiger partial charge >= 0.3 is 0 Å². The van der Waals surface area contributed by atoms with E-state index in [2.05, 4.69) is 52.8 Å². The molecule has 3 rings (SSSR count). The van der Waals surface area contributed by atoms with Crippen LogP contribution in [0.15, 0.2) is 59.6 Å². The highest BCUT2D eigenvalue weighted by molar-refractivity contribution is 14.0. The number of hydrogen-bond acceptors (Lipinski definition) is 3. The van der Waals surface area contributed by atoms with Crippen molar-refractivity contribution in [1.82, 2.24) is 15.5 Å². The summed E-state index contributed by atoms with van der Waals surface area (Å²) in [5.41, 5.74) is 3.39. The number of hydrogen-bond donors (Lipinski definition) is 3. The quantitative estimate of drug-likeness (QED) is 0.305. The molecule has 1 aliphatic rings. The Kier molecular flexibility index (Phi) is 10.5. The lowest BCUT2D eigenvalue weighted by Crippen LogP contribution is -2.48. The second-order valence-electron chi connectivity index (χ2n) is 7.30. The first-order valence-electron chi connectivity index (χ1n) is 10.3. The van der Waals surface area contributed by atoms with Gasteiger partial charge in [0.1, 0.15) is 0 Å². The van der Waals surface area contributed by atoms with Crippen LogP contribution >= 0.6 is 24.0 Å². The van der Waals surface area contributed by atoms with Gasteiger partial charge in [0.2, 0.25) is 0 Å². The lowest BCUT2D eigenvalue weighted by atomic mass is 10.0. The molecule has 158 valence electrons. The van der Waals surface area contributed by atoms with Crippen molar-refractivity contribution in [2.75, 3.05) is 19.6 Å². The third-order valence-electron chi connectivity index (χ3n) is 5.22. The Labute approximate surface area is 191 Å². The van der Waals surface area contributed by atoms with Crippen molar-refractivity contribution in [3.05, 3.63) is 71.3 Å². The molecule has 0 bridgehead atoms. The number of nitrogens with one attached hydrogen (secondary N) is 2. The minimum atomic E-state index is 0. The van der Waals surface area contributed by atoms with Crippen LogP contribution in [0, 0.1) is 0 Å². The smallest absolute Gasteiger partial charge is 0.191 e. The van der Waals surface area contributed by atoms with E-state index in [4.69, 9.17) is 4.99 Å². The number of piperidine rings is 1. The monoisotopic (exact) mass is 508 g/mol. The van der Waals surface area contributed by atoms with Gasteiger partial charge in [0.15, 0.2) is 5.96 Å². The molecule has 0 aliphatic carbocycles. The third kappa shape index (κ3) is 7.60. The molecule has 0 saturated carbocycles. The highest BCUT2D eigenvalue weighted by Gasteiger charge is 2.20. The summed E-state index contributed by atoms with van der Waals surface area (Å²) in [7, 11) is 0. The van der Waals surface area contributed by atoms with E-state index in [1.54, 1.807) is 0 Å². The van der Waals surface area contributed by atoms with Gasteiger partial charge in [-0.3, -0.25) is 4.90 Å². The van der Waals surface area contributed by atoms with Gasteiger partial charge in [0.05, 0.1) is 13.2 Å². The van der Waals surface area contributed by atoms with Crippen molar-refractivity contribution < 1.29 is 5.11 Å². The first-order chi connectivity index (χ1) is 13.8. The average Bonchev–Trinajstić information content (AvgIpc) is 2.74.